The van der Waals surface area contributed by atoms with Crippen LogP contribution in [0, 0.1) is 0 Å². The number of rotatable bonds is 4. The van der Waals surface area contributed by atoms with Gasteiger partial charge >= 0.3 is 6.09 Å². The first kappa shape index (κ1) is 16.5. The average Bonchev–Trinajstić information content (AvgIpc) is 2.34. The van der Waals surface area contributed by atoms with E-state index in [0.29, 0.717) is 12.5 Å². The second-order valence-corrected chi connectivity index (χ2v) is 6.26. The summed E-state index contributed by atoms with van der Waals surface area (Å²) in [6.07, 6.45) is -0.444. The molecule has 0 heterocycles. The number of carbonyl (C=O) groups is 1. The van der Waals surface area contributed by atoms with E-state index in [1.54, 1.807) is 0 Å². The van der Waals surface area contributed by atoms with E-state index < -0.39 is 11.7 Å². The molecule has 0 saturated carbocycles. The van der Waals surface area contributed by atoms with Gasteiger partial charge < -0.3 is 15.8 Å². The summed E-state index contributed by atoms with van der Waals surface area (Å²) in [5, 5.41) is 2.80. The number of hydrogen-bond donors (Lipinski definition) is 2. The van der Waals surface area contributed by atoms with Gasteiger partial charge in [0.25, 0.3) is 0 Å². The maximum atomic E-state index is 11.8. The largest absolute Gasteiger partial charge is 0.444 e. The lowest BCUT2D eigenvalue weighted by Crippen LogP contribution is -2.37. The third kappa shape index (κ3) is 5.21. The number of nitrogens with one attached hydrogen (secondary N) is 1. The van der Waals surface area contributed by atoms with Crippen molar-refractivity contribution in [1.82, 2.24) is 5.32 Å². The molecule has 4 heteroatoms. The van der Waals surface area contributed by atoms with Crippen molar-refractivity contribution in [2.45, 2.75) is 52.2 Å². The Bertz CT molecular complexity index is 433. The zero-order valence-corrected chi connectivity index (χ0v) is 13.1. The van der Waals surface area contributed by atoms with Crippen molar-refractivity contribution < 1.29 is 9.53 Å². The molecule has 1 atom stereocenters. The van der Waals surface area contributed by atoms with Gasteiger partial charge in [-0.2, -0.15) is 0 Å². The second-order valence-electron chi connectivity index (χ2n) is 6.26. The number of alkyl carbamates (subject to hydrolysis) is 1. The van der Waals surface area contributed by atoms with Gasteiger partial charge in [-0.25, -0.2) is 4.79 Å². The molecule has 0 aliphatic rings. The second kappa shape index (κ2) is 6.75. The van der Waals surface area contributed by atoms with Crippen molar-refractivity contribution in [3.8, 4) is 0 Å². The predicted octanol–water partition coefficient (Wildman–Crippen LogP) is 3.33. The molecule has 0 unspecified atom stereocenters. The standard InChI is InChI=1S/C16H26N2O2/c1-11(2)12-6-8-13(9-7-12)14(10-17)18-15(19)20-16(3,4)5/h6-9,11,14H,10,17H2,1-5H3,(H,18,19)/t14-/m1/s1. The van der Waals surface area contributed by atoms with Gasteiger partial charge in [0.2, 0.25) is 0 Å². The first-order valence-electron chi connectivity index (χ1n) is 7.02. The van der Waals surface area contributed by atoms with Gasteiger partial charge in [0, 0.05) is 6.54 Å². The van der Waals surface area contributed by atoms with Gasteiger partial charge in [0.15, 0.2) is 0 Å². The zero-order chi connectivity index (χ0) is 15.3. The van der Waals surface area contributed by atoms with Crippen LogP contribution in [-0.4, -0.2) is 18.2 Å². The molecular formula is C16H26N2O2. The van der Waals surface area contributed by atoms with Crippen molar-refractivity contribution in [3.63, 3.8) is 0 Å². The van der Waals surface area contributed by atoms with Crippen LogP contribution in [0.1, 0.15) is 57.7 Å². The Morgan fingerprint density at radius 1 is 1.20 bits per heavy atom. The molecule has 0 bridgehead atoms. The van der Waals surface area contributed by atoms with E-state index in [2.05, 4.69) is 31.3 Å². The molecule has 1 aromatic rings. The van der Waals surface area contributed by atoms with Crippen LogP contribution < -0.4 is 11.1 Å². The van der Waals surface area contributed by atoms with Crippen molar-refractivity contribution in [3.05, 3.63) is 35.4 Å². The van der Waals surface area contributed by atoms with Gasteiger partial charge in [-0.1, -0.05) is 38.1 Å². The lowest BCUT2D eigenvalue weighted by Gasteiger charge is -2.23. The first-order chi connectivity index (χ1) is 9.23. The molecule has 0 aromatic heterocycles. The third-order valence-corrected chi connectivity index (χ3v) is 2.93. The molecule has 112 valence electrons. The van der Waals surface area contributed by atoms with Crippen LogP contribution in [0.5, 0.6) is 0 Å². The summed E-state index contributed by atoms with van der Waals surface area (Å²) in [6, 6.07) is 7.92. The van der Waals surface area contributed by atoms with Gasteiger partial charge in [0.1, 0.15) is 5.60 Å². The average molecular weight is 278 g/mol. The van der Waals surface area contributed by atoms with E-state index >= 15 is 0 Å². The summed E-state index contributed by atoms with van der Waals surface area (Å²) in [5.41, 5.74) is 7.49. The van der Waals surface area contributed by atoms with Crippen LogP contribution in [0.2, 0.25) is 0 Å². The number of amides is 1. The number of nitrogens with two attached hydrogens (primary N) is 1. The van der Waals surface area contributed by atoms with Gasteiger partial charge in [-0.05, 0) is 37.8 Å². The van der Waals surface area contributed by atoms with Crippen molar-refractivity contribution in [2.24, 2.45) is 5.73 Å². The number of benzene rings is 1. The highest BCUT2D eigenvalue weighted by Crippen LogP contribution is 2.19. The molecule has 3 N–H and O–H groups in total. The quantitative estimate of drug-likeness (QED) is 0.888. The van der Waals surface area contributed by atoms with Gasteiger partial charge in [-0.3, -0.25) is 0 Å². The van der Waals surface area contributed by atoms with Crippen LogP contribution >= 0.6 is 0 Å². The SMILES string of the molecule is CC(C)c1ccc([C@@H](CN)NC(=O)OC(C)(C)C)cc1. The molecule has 0 aliphatic heterocycles. The molecule has 1 rings (SSSR count). The maximum absolute atomic E-state index is 11.8. The van der Waals surface area contributed by atoms with E-state index in [0.717, 1.165) is 5.56 Å². The highest BCUT2D eigenvalue weighted by atomic mass is 16.6. The molecule has 4 nitrogen and oxygen atoms in total. The number of hydrogen-bond acceptors (Lipinski definition) is 3. The Balaban J connectivity index is 2.73. The Labute approximate surface area is 121 Å². The molecule has 0 spiro atoms. The lowest BCUT2D eigenvalue weighted by atomic mass is 9.99. The van der Waals surface area contributed by atoms with Gasteiger partial charge in [0.05, 0.1) is 6.04 Å². The van der Waals surface area contributed by atoms with Crippen molar-refractivity contribution >= 4 is 6.09 Å². The van der Waals surface area contributed by atoms with Crippen LogP contribution in [-0.2, 0) is 4.74 Å². The minimum absolute atomic E-state index is 0.230. The van der Waals surface area contributed by atoms with E-state index in [-0.39, 0.29) is 6.04 Å². The molecule has 20 heavy (non-hydrogen) atoms. The molecule has 0 fully saturated rings. The number of carbonyl (C=O) groups excluding carboxylic acids is 1. The topological polar surface area (TPSA) is 64.3 Å². The van der Waals surface area contributed by atoms with Crippen molar-refractivity contribution in [2.75, 3.05) is 6.54 Å². The van der Waals surface area contributed by atoms with E-state index in [1.807, 2.05) is 32.9 Å². The van der Waals surface area contributed by atoms with Crippen LogP contribution in [0.25, 0.3) is 0 Å². The molecular weight excluding hydrogens is 252 g/mol. The minimum Gasteiger partial charge on any atom is -0.444 e. The lowest BCUT2D eigenvalue weighted by molar-refractivity contribution is 0.0505. The molecule has 1 amide bonds. The number of ether oxygens (including phenoxy) is 1. The van der Waals surface area contributed by atoms with Crippen molar-refractivity contribution in [1.29, 1.82) is 0 Å². The van der Waals surface area contributed by atoms with Crippen LogP contribution in [0.15, 0.2) is 24.3 Å². The molecule has 0 saturated heterocycles. The monoisotopic (exact) mass is 278 g/mol. The Kier molecular flexibility index (Phi) is 5.57. The smallest absolute Gasteiger partial charge is 0.408 e. The molecule has 1 aromatic carbocycles. The Hall–Kier alpha value is -1.55. The van der Waals surface area contributed by atoms with E-state index in [1.165, 1.54) is 5.56 Å². The minimum atomic E-state index is -0.509. The highest BCUT2D eigenvalue weighted by molar-refractivity contribution is 5.68. The normalized spacial score (nSPS) is 13.2. The summed E-state index contributed by atoms with van der Waals surface area (Å²) in [6.45, 7) is 10.1. The summed E-state index contributed by atoms with van der Waals surface area (Å²) in [5.74, 6) is 0.485. The maximum Gasteiger partial charge on any atom is 0.408 e. The molecule has 0 aliphatic carbocycles. The fraction of sp³-hybridized carbons (Fsp3) is 0.562. The molecule has 0 radical (unpaired) electrons. The van der Waals surface area contributed by atoms with E-state index in [9.17, 15) is 4.79 Å². The van der Waals surface area contributed by atoms with Gasteiger partial charge in [-0.15, -0.1) is 0 Å². The Morgan fingerprint density at radius 2 is 1.70 bits per heavy atom. The summed E-state index contributed by atoms with van der Waals surface area (Å²) >= 11 is 0. The fourth-order valence-corrected chi connectivity index (χ4v) is 1.84. The zero-order valence-electron chi connectivity index (χ0n) is 13.1. The van der Waals surface area contributed by atoms with E-state index in [4.69, 9.17) is 10.5 Å². The summed E-state index contributed by atoms with van der Waals surface area (Å²) < 4.78 is 5.25. The predicted molar refractivity (Wildman–Crippen MR) is 81.7 cm³/mol. The third-order valence-electron chi connectivity index (χ3n) is 2.93. The highest BCUT2D eigenvalue weighted by Gasteiger charge is 2.19. The summed E-state index contributed by atoms with van der Waals surface area (Å²) in [7, 11) is 0. The first-order valence-corrected chi connectivity index (χ1v) is 7.02. The van der Waals surface area contributed by atoms with Crippen LogP contribution in [0.4, 0.5) is 4.79 Å². The summed E-state index contributed by atoms with van der Waals surface area (Å²) in [4.78, 5) is 11.8. The Morgan fingerprint density at radius 3 is 2.10 bits per heavy atom. The van der Waals surface area contributed by atoms with Crippen LogP contribution in [0.3, 0.4) is 0 Å². The fourth-order valence-electron chi connectivity index (χ4n) is 1.84.